The third kappa shape index (κ3) is 5.40. The Balaban J connectivity index is 1.88. The van der Waals surface area contributed by atoms with Gasteiger partial charge in [0.2, 0.25) is 5.91 Å². The van der Waals surface area contributed by atoms with Gasteiger partial charge in [0, 0.05) is 6.42 Å². The molecule has 0 aliphatic carbocycles. The summed E-state index contributed by atoms with van der Waals surface area (Å²) in [5, 5.41) is 3.94. The average molecular weight is 296 g/mol. The molecule has 0 aliphatic rings. The summed E-state index contributed by atoms with van der Waals surface area (Å²) in [6.45, 7) is 3.99. The Hall–Kier alpha value is -2.62. The highest BCUT2D eigenvalue weighted by atomic mass is 16.5. The van der Waals surface area contributed by atoms with Gasteiger partial charge in [-0.25, -0.2) is 5.43 Å². The molecule has 114 valence electrons. The number of nitrogens with one attached hydrogen (secondary N) is 1. The normalized spacial score (nSPS) is 10.9. The number of hydrazone groups is 1. The highest BCUT2D eigenvalue weighted by Gasteiger charge is 2.02. The van der Waals surface area contributed by atoms with Crippen molar-refractivity contribution in [2.45, 2.75) is 20.3 Å². The number of rotatable bonds is 6. The van der Waals surface area contributed by atoms with E-state index in [0.717, 1.165) is 17.1 Å². The van der Waals surface area contributed by atoms with Crippen molar-refractivity contribution in [3.8, 4) is 11.5 Å². The van der Waals surface area contributed by atoms with Crippen LogP contribution in [0.5, 0.6) is 11.5 Å². The third-order valence-electron chi connectivity index (χ3n) is 2.86. The Morgan fingerprint density at radius 3 is 2.36 bits per heavy atom. The summed E-state index contributed by atoms with van der Waals surface area (Å²) < 4.78 is 5.71. The number of para-hydroxylation sites is 1. The van der Waals surface area contributed by atoms with Crippen molar-refractivity contribution in [2.75, 3.05) is 0 Å². The summed E-state index contributed by atoms with van der Waals surface area (Å²) in [5.41, 5.74) is 3.41. The van der Waals surface area contributed by atoms with Gasteiger partial charge in [-0.1, -0.05) is 32.0 Å². The predicted octanol–water partition coefficient (Wildman–Crippen LogP) is 3.98. The van der Waals surface area contributed by atoms with Crippen molar-refractivity contribution in [2.24, 2.45) is 11.0 Å². The largest absolute Gasteiger partial charge is 0.457 e. The van der Waals surface area contributed by atoms with Crippen molar-refractivity contribution in [3.63, 3.8) is 0 Å². The molecule has 1 amide bonds. The third-order valence-corrected chi connectivity index (χ3v) is 2.86. The van der Waals surface area contributed by atoms with Crippen molar-refractivity contribution in [1.82, 2.24) is 5.43 Å². The maximum atomic E-state index is 11.5. The first-order valence-corrected chi connectivity index (χ1v) is 7.28. The summed E-state index contributed by atoms with van der Waals surface area (Å²) >= 11 is 0. The minimum absolute atomic E-state index is 0.0738. The number of hydrogen-bond acceptors (Lipinski definition) is 3. The van der Waals surface area contributed by atoms with E-state index in [1.807, 2.05) is 68.4 Å². The quantitative estimate of drug-likeness (QED) is 0.647. The molecule has 0 heterocycles. The maximum Gasteiger partial charge on any atom is 0.240 e. The fourth-order valence-corrected chi connectivity index (χ4v) is 1.84. The summed E-state index contributed by atoms with van der Waals surface area (Å²) in [5.74, 6) is 1.80. The molecule has 0 bridgehead atoms. The number of benzene rings is 2. The van der Waals surface area contributed by atoms with Crippen LogP contribution in [0.25, 0.3) is 0 Å². The molecule has 0 saturated carbocycles. The predicted molar refractivity (Wildman–Crippen MR) is 88.1 cm³/mol. The first-order valence-electron chi connectivity index (χ1n) is 7.28. The molecule has 0 aromatic heterocycles. The molecule has 0 atom stereocenters. The van der Waals surface area contributed by atoms with Crippen LogP contribution in [0, 0.1) is 5.92 Å². The molecule has 0 spiro atoms. The first kappa shape index (κ1) is 15.8. The zero-order valence-corrected chi connectivity index (χ0v) is 12.8. The van der Waals surface area contributed by atoms with Gasteiger partial charge >= 0.3 is 0 Å². The van der Waals surface area contributed by atoms with Crippen LogP contribution in [0.4, 0.5) is 0 Å². The number of nitrogens with zero attached hydrogens (tertiary/aromatic N) is 1. The molecule has 4 heteroatoms. The van der Waals surface area contributed by atoms with Crippen LogP contribution >= 0.6 is 0 Å². The van der Waals surface area contributed by atoms with E-state index in [2.05, 4.69) is 10.5 Å². The van der Waals surface area contributed by atoms with E-state index < -0.39 is 0 Å². The zero-order chi connectivity index (χ0) is 15.8. The Labute approximate surface area is 130 Å². The summed E-state index contributed by atoms with van der Waals surface area (Å²) in [6, 6.07) is 17.1. The lowest BCUT2D eigenvalue weighted by Gasteiger charge is -2.05. The van der Waals surface area contributed by atoms with E-state index in [4.69, 9.17) is 4.74 Å². The smallest absolute Gasteiger partial charge is 0.240 e. The van der Waals surface area contributed by atoms with Gasteiger partial charge in [-0.2, -0.15) is 5.10 Å². The Kier molecular flexibility index (Phi) is 5.72. The average Bonchev–Trinajstić information content (AvgIpc) is 2.49. The van der Waals surface area contributed by atoms with Crippen molar-refractivity contribution < 1.29 is 9.53 Å². The number of hydrogen-bond donors (Lipinski definition) is 1. The Morgan fingerprint density at radius 1 is 1.09 bits per heavy atom. The molecule has 1 N–H and O–H groups in total. The van der Waals surface area contributed by atoms with E-state index in [-0.39, 0.29) is 5.91 Å². The highest BCUT2D eigenvalue weighted by molar-refractivity contribution is 5.82. The van der Waals surface area contributed by atoms with E-state index >= 15 is 0 Å². The van der Waals surface area contributed by atoms with Crippen LogP contribution in [0.1, 0.15) is 25.8 Å². The number of carbonyl (C=O) groups excluding carboxylic acids is 1. The molecule has 0 radical (unpaired) electrons. The summed E-state index contributed by atoms with van der Waals surface area (Å²) in [7, 11) is 0. The van der Waals surface area contributed by atoms with Crippen LogP contribution < -0.4 is 10.2 Å². The van der Waals surface area contributed by atoms with Crippen LogP contribution in [0.2, 0.25) is 0 Å². The van der Waals surface area contributed by atoms with Gasteiger partial charge in [-0.15, -0.1) is 0 Å². The molecule has 2 rings (SSSR count). The molecule has 2 aromatic rings. The van der Waals surface area contributed by atoms with E-state index in [9.17, 15) is 4.79 Å². The molecule has 0 fully saturated rings. The second-order valence-corrected chi connectivity index (χ2v) is 5.38. The maximum absolute atomic E-state index is 11.5. The van der Waals surface area contributed by atoms with Crippen LogP contribution in [0.15, 0.2) is 59.7 Å². The molecular weight excluding hydrogens is 276 g/mol. The van der Waals surface area contributed by atoms with Gasteiger partial charge in [0.05, 0.1) is 6.21 Å². The monoisotopic (exact) mass is 296 g/mol. The van der Waals surface area contributed by atoms with Gasteiger partial charge in [0.25, 0.3) is 0 Å². The second kappa shape index (κ2) is 7.98. The Bertz CT molecular complexity index is 619. The molecule has 4 nitrogen and oxygen atoms in total. The molecule has 2 aromatic carbocycles. The van der Waals surface area contributed by atoms with Gasteiger partial charge in [-0.05, 0) is 47.9 Å². The number of carbonyl (C=O) groups is 1. The Morgan fingerprint density at radius 2 is 1.73 bits per heavy atom. The van der Waals surface area contributed by atoms with Gasteiger partial charge < -0.3 is 4.74 Å². The fourth-order valence-electron chi connectivity index (χ4n) is 1.84. The molecular formula is C18H20N2O2. The van der Waals surface area contributed by atoms with Gasteiger partial charge in [-0.3, -0.25) is 4.79 Å². The summed E-state index contributed by atoms with van der Waals surface area (Å²) in [4.78, 5) is 11.5. The van der Waals surface area contributed by atoms with Crippen LogP contribution in [-0.4, -0.2) is 12.1 Å². The van der Waals surface area contributed by atoms with Gasteiger partial charge in [0.15, 0.2) is 0 Å². The SMILES string of the molecule is CC(C)CC(=O)N/N=C\c1ccc(Oc2ccccc2)cc1. The fraction of sp³-hybridized carbons (Fsp3) is 0.222. The zero-order valence-electron chi connectivity index (χ0n) is 12.8. The van der Waals surface area contributed by atoms with Crippen LogP contribution in [-0.2, 0) is 4.79 Å². The molecule has 22 heavy (non-hydrogen) atoms. The van der Waals surface area contributed by atoms with Crippen molar-refractivity contribution in [1.29, 1.82) is 0 Å². The minimum Gasteiger partial charge on any atom is -0.457 e. The molecule has 0 saturated heterocycles. The first-order chi connectivity index (χ1) is 10.6. The lowest BCUT2D eigenvalue weighted by Crippen LogP contribution is -2.19. The molecule has 0 unspecified atom stereocenters. The second-order valence-electron chi connectivity index (χ2n) is 5.38. The lowest BCUT2D eigenvalue weighted by molar-refractivity contribution is -0.121. The van der Waals surface area contributed by atoms with E-state index in [0.29, 0.717) is 12.3 Å². The van der Waals surface area contributed by atoms with E-state index in [1.54, 1.807) is 6.21 Å². The van der Waals surface area contributed by atoms with Crippen molar-refractivity contribution >= 4 is 12.1 Å². The minimum atomic E-state index is -0.0738. The van der Waals surface area contributed by atoms with E-state index in [1.165, 1.54) is 0 Å². The highest BCUT2D eigenvalue weighted by Crippen LogP contribution is 2.20. The number of ether oxygens (including phenoxy) is 1. The van der Waals surface area contributed by atoms with Crippen molar-refractivity contribution in [3.05, 3.63) is 60.2 Å². The van der Waals surface area contributed by atoms with Gasteiger partial charge in [0.1, 0.15) is 11.5 Å². The lowest BCUT2D eigenvalue weighted by atomic mass is 10.1. The molecule has 0 aliphatic heterocycles. The summed E-state index contributed by atoms with van der Waals surface area (Å²) in [6.07, 6.45) is 2.09. The topological polar surface area (TPSA) is 50.7 Å². The standard InChI is InChI=1S/C18H20N2O2/c1-14(2)12-18(21)20-19-13-15-8-10-17(11-9-15)22-16-6-4-3-5-7-16/h3-11,13-14H,12H2,1-2H3,(H,20,21)/b19-13-. The van der Waals surface area contributed by atoms with Crippen LogP contribution in [0.3, 0.4) is 0 Å². The number of amides is 1.